The summed E-state index contributed by atoms with van der Waals surface area (Å²) in [6.07, 6.45) is 1.94. The van der Waals surface area contributed by atoms with E-state index in [0.717, 1.165) is 35.1 Å². The molecule has 0 aromatic heterocycles. The Labute approximate surface area is 264 Å². The van der Waals surface area contributed by atoms with Crippen molar-refractivity contribution >= 4 is 17.9 Å². The molecule has 242 valence electrons. The van der Waals surface area contributed by atoms with Gasteiger partial charge in [0, 0.05) is 18.6 Å². The van der Waals surface area contributed by atoms with Gasteiger partial charge in [-0.25, -0.2) is 14.5 Å². The number of ether oxygens (including phenoxy) is 2. The Morgan fingerprint density at radius 3 is 2.02 bits per heavy atom. The van der Waals surface area contributed by atoms with Gasteiger partial charge in [0.15, 0.2) is 6.23 Å². The predicted molar refractivity (Wildman–Crippen MR) is 175 cm³/mol. The zero-order valence-corrected chi connectivity index (χ0v) is 28.5. The molecule has 1 fully saturated rings. The fourth-order valence-corrected chi connectivity index (χ4v) is 6.40. The van der Waals surface area contributed by atoms with Gasteiger partial charge < -0.3 is 14.8 Å². The van der Waals surface area contributed by atoms with Crippen LogP contribution in [0.5, 0.6) is 5.75 Å². The SMILES string of the molecule is CCC[C@@H](NC(=O)N1C(=O)C(CC)(CC)[C@@H]1Oc1cc(C)c(C(=O)OCCN(C(C)C)C(C)C)c(C)c1)c1ccc(C)cc1. The molecule has 0 radical (unpaired) electrons. The summed E-state index contributed by atoms with van der Waals surface area (Å²) in [6.45, 7) is 21.2. The van der Waals surface area contributed by atoms with Crippen molar-refractivity contribution in [3.8, 4) is 5.75 Å². The zero-order valence-electron chi connectivity index (χ0n) is 28.5. The van der Waals surface area contributed by atoms with Gasteiger partial charge in [-0.15, -0.1) is 0 Å². The highest BCUT2D eigenvalue weighted by atomic mass is 16.5. The molecule has 1 aliphatic rings. The maximum absolute atomic E-state index is 13.6. The molecule has 8 heteroatoms. The Morgan fingerprint density at radius 2 is 1.52 bits per heavy atom. The highest BCUT2D eigenvalue weighted by molar-refractivity contribution is 6.03. The van der Waals surface area contributed by atoms with E-state index in [4.69, 9.17) is 9.47 Å². The second-order valence-electron chi connectivity index (χ2n) is 12.7. The monoisotopic (exact) mass is 607 g/mol. The van der Waals surface area contributed by atoms with Crippen LogP contribution in [0, 0.1) is 26.2 Å². The lowest BCUT2D eigenvalue weighted by Crippen LogP contribution is -2.73. The number of benzene rings is 2. The van der Waals surface area contributed by atoms with Crippen molar-refractivity contribution < 1.29 is 23.9 Å². The normalized spacial score (nSPS) is 16.7. The van der Waals surface area contributed by atoms with Gasteiger partial charge in [-0.05, 0) is 96.6 Å². The zero-order chi connectivity index (χ0) is 32.8. The van der Waals surface area contributed by atoms with E-state index in [0.29, 0.717) is 49.4 Å². The van der Waals surface area contributed by atoms with Gasteiger partial charge in [0.25, 0.3) is 0 Å². The van der Waals surface area contributed by atoms with E-state index >= 15 is 0 Å². The van der Waals surface area contributed by atoms with Crippen LogP contribution in [0.15, 0.2) is 36.4 Å². The Kier molecular flexibility index (Phi) is 12.0. The van der Waals surface area contributed by atoms with Gasteiger partial charge in [0.05, 0.1) is 11.6 Å². The molecule has 0 saturated carbocycles. The molecule has 1 heterocycles. The molecule has 8 nitrogen and oxygen atoms in total. The number of amides is 3. The molecule has 44 heavy (non-hydrogen) atoms. The number of aryl methyl sites for hydroxylation is 3. The van der Waals surface area contributed by atoms with E-state index in [1.54, 1.807) is 12.1 Å². The molecule has 2 aromatic carbocycles. The van der Waals surface area contributed by atoms with E-state index in [1.807, 2.05) is 58.9 Å². The van der Waals surface area contributed by atoms with Gasteiger partial charge in [-0.1, -0.05) is 57.0 Å². The van der Waals surface area contributed by atoms with Crippen LogP contribution in [0.2, 0.25) is 0 Å². The number of hydrogen-bond donors (Lipinski definition) is 1. The predicted octanol–water partition coefficient (Wildman–Crippen LogP) is 7.49. The van der Waals surface area contributed by atoms with Crippen molar-refractivity contribution in [3.63, 3.8) is 0 Å². The quantitative estimate of drug-likeness (QED) is 0.177. The number of hydrogen-bond acceptors (Lipinski definition) is 6. The molecule has 0 spiro atoms. The van der Waals surface area contributed by atoms with Crippen LogP contribution in [-0.2, 0) is 9.53 Å². The molecule has 3 amide bonds. The first-order valence-electron chi connectivity index (χ1n) is 16.2. The number of carbonyl (C=O) groups excluding carboxylic acids is 3. The third kappa shape index (κ3) is 7.45. The lowest BCUT2D eigenvalue weighted by molar-refractivity contribution is -0.191. The first kappa shape index (κ1) is 35.1. The fraction of sp³-hybridized carbons (Fsp3) is 0.583. The second kappa shape index (κ2) is 15.1. The smallest absolute Gasteiger partial charge is 0.338 e. The minimum Gasteiger partial charge on any atom is -0.469 e. The molecule has 1 aliphatic heterocycles. The molecule has 0 unspecified atom stereocenters. The Morgan fingerprint density at radius 1 is 0.955 bits per heavy atom. The van der Waals surface area contributed by atoms with Crippen LogP contribution in [0.3, 0.4) is 0 Å². The third-order valence-electron chi connectivity index (χ3n) is 9.05. The van der Waals surface area contributed by atoms with Gasteiger partial charge in [0.2, 0.25) is 5.91 Å². The van der Waals surface area contributed by atoms with Crippen molar-refractivity contribution in [3.05, 3.63) is 64.2 Å². The molecule has 1 saturated heterocycles. The standard InChI is InChI=1S/C36H53N3O5/c1-11-14-30(28-17-15-25(8)16-18-28)37-35(42)39-33(41)36(12-2,13-3)34(39)44-29-21-26(9)31(27(10)22-29)32(40)43-20-19-38(23(4)5)24(6)7/h15-18,21-24,30,34H,11-14,19-20H2,1-10H3,(H,37,42)/t30-,34+/m1/s1. The summed E-state index contributed by atoms with van der Waals surface area (Å²) < 4.78 is 12.1. The first-order valence-corrected chi connectivity index (χ1v) is 16.2. The molecule has 3 rings (SSSR count). The van der Waals surface area contributed by atoms with Crippen LogP contribution >= 0.6 is 0 Å². The Bertz CT molecular complexity index is 1270. The number of nitrogens with zero attached hydrogens (tertiary/aromatic N) is 2. The van der Waals surface area contributed by atoms with Gasteiger partial charge in [-0.2, -0.15) is 0 Å². The van der Waals surface area contributed by atoms with Gasteiger partial charge >= 0.3 is 12.0 Å². The summed E-state index contributed by atoms with van der Waals surface area (Å²) in [5.41, 5.74) is 3.29. The minimum absolute atomic E-state index is 0.220. The molecule has 1 N–H and O–H groups in total. The second-order valence-corrected chi connectivity index (χ2v) is 12.7. The number of urea groups is 1. The number of rotatable bonds is 14. The summed E-state index contributed by atoms with van der Waals surface area (Å²) in [5, 5.41) is 3.10. The summed E-state index contributed by atoms with van der Waals surface area (Å²) in [7, 11) is 0. The molecule has 2 aromatic rings. The lowest BCUT2D eigenvalue weighted by Gasteiger charge is -2.53. The van der Waals surface area contributed by atoms with E-state index in [2.05, 4.69) is 44.8 Å². The molecule has 0 bridgehead atoms. The van der Waals surface area contributed by atoms with E-state index in [9.17, 15) is 14.4 Å². The first-order chi connectivity index (χ1) is 20.8. The highest BCUT2D eigenvalue weighted by Gasteiger charge is 2.63. The third-order valence-corrected chi connectivity index (χ3v) is 9.05. The van der Waals surface area contributed by atoms with Crippen LogP contribution in [0.25, 0.3) is 0 Å². The van der Waals surface area contributed by atoms with Crippen LogP contribution in [0.4, 0.5) is 4.79 Å². The lowest BCUT2D eigenvalue weighted by atomic mass is 9.72. The number of esters is 1. The number of nitrogens with one attached hydrogen (secondary N) is 1. The van der Waals surface area contributed by atoms with Crippen molar-refractivity contribution in [2.24, 2.45) is 5.41 Å². The van der Waals surface area contributed by atoms with E-state index in [1.165, 1.54) is 4.90 Å². The number of likely N-dealkylation sites (tertiary alicyclic amines) is 1. The van der Waals surface area contributed by atoms with Crippen molar-refractivity contribution in [2.45, 2.75) is 119 Å². The Hall–Kier alpha value is -3.39. The molecular weight excluding hydrogens is 554 g/mol. The maximum Gasteiger partial charge on any atom is 0.338 e. The largest absolute Gasteiger partial charge is 0.469 e. The topological polar surface area (TPSA) is 88.2 Å². The van der Waals surface area contributed by atoms with E-state index in [-0.39, 0.29) is 17.9 Å². The van der Waals surface area contributed by atoms with E-state index < -0.39 is 17.7 Å². The summed E-state index contributed by atoms with van der Waals surface area (Å²) in [6, 6.07) is 11.7. The highest BCUT2D eigenvalue weighted by Crippen LogP contribution is 2.46. The summed E-state index contributed by atoms with van der Waals surface area (Å²) in [4.78, 5) is 43.8. The number of carbonyl (C=O) groups is 3. The van der Waals surface area contributed by atoms with Crippen molar-refractivity contribution in [2.75, 3.05) is 13.2 Å². The average Bonchev–Trinajstić information content (AvgIpc) is 2.95. The molecule has 2 atom stereocenters. The number of β-lactam (4-membered cyclic amide) rings is 1. The fourth-order valence-electron chi connectivity index (χ4n) is 6.40. The van der Waals surface area contributed by atoms with Crippen LogP contribution in [0.1, 0.15) is 113 Å². The minimum atomic E-state index is -0.806. The molecule has 0 aliphatic carbocycles. The maximum atomic E-state index is 13.6. The Balaban J connectivity index is 1.80. The summed E-state index contributed by atoms with van der Waals surface area (Å²) in [5.74, 6) is -0.0874. The average molecular weight is 608 g/mol. The van der Waals surface area contributed by atoms with Gasteiger partial charge in [0.1, 0.15) is 17.8 Å². The van der Waals surface area contributed by atoms with Crippen LogP contribution in [-0.4, -0.2) is 59.2 Å². The number of imide groups is 1. The van der Waals surface area contributed by atoms with Crippen molar-refractivity contribution in [1.29, 1.82) is 0 Å². The van der Waals surface area contributed by atoms with Crippen LogP contribution < -0.4 is 10.1 Å². The summed E-state index contributed by atoms with van der Waals surface area (Å²) >= 11 is 0. The van der Waals surface area contributed by atoms with Crippen molar-refractivity contribution in [1.82, 2.24) is 15.1 Å². The molecular formula is C36H53N3O5. The van der Waals surface area contributed by atoms with Gasteiger partial charge in [-0.3, -0.25) is 9.69 Å².